The van der Waals surface area contributed by atoms with Crippen molar-refractivity contribution < 1.29 is 14.6 Å². The van der Waals surface area contributed by atoms with Crippen molar-refractivity contribution in [1.82, 2.24) is 4.90 Å². The Labute approximate surface area is 114 Å². The van der Waals surface area contributed by atoms with Gasteiger partial charge in [0, 0.05) is 12.1 Å². The molecule has 0 bridgehead atoms. The minimum Gasteiger partial charge on any atom is -0.496 e. The lowest BCUT2D eigenvalue weighted by Gasteiger charge is -2.23. The van der Waals surface area contributed by atoms with Crippen LogP contribution in [0.2, 0.25) is 0 Å². The summed E-state index contributed by atoms with van der Waals surface area (Å²) in [4.78, 5) is 13.3. The number of methoxy groups -OCH3 is 1. The molecule has 1 heterocycles. The van der Waals surface area contributed by atoms with Gasteiger partial charge in [0.25, 0.3) is 0 Å². The van der Waals surface area contributed by atoms with E-state index in [1.165, 1.54) is 0 Å². The summed E-state index contributed by atoms with van der Waals surface area (Å²) in [5.41, 5.74) is 3.42. The molecular formula is C15H21NO3. The Morgan fingerprint density at radius 3 is 2.84 bits per heavy atom. The zero-order valence-electron chi connectivity index (χ0n) is 11.8. The molecule has 1 unspecified atom stereocenters. The minimum absolute atomic E-state index is 0.356. The molecule has 1 aromatic rings. The number of ether oxygens (including phenoxy) is 1. The van der Waals surface area contributed by atoms with E-state index in [1.807, 2.05) is 17.9 Å². The van der Waals surface area contributed by atoms with Crippen molar-refractivity contribution in [1.29, 1.82) is 0 Å². The number of likely N-dealkylation sites (tertiary alicyclic amines) is 1. The van der Waals surface area contributed by atoms with E-state index in [9.17, 15) is 9.90 Å². The molecule has 2 rings (SSSR count). The van der Waals surface area contributed by atoms with E-state index >= 15 is 0 Å². The first kappa shape index (κ1) is 13.9. The maximum absolute atomic E-state index is 11.2. The fourth-order valence-electron chi connectivity index (χ4n) is 2.84. The number of carboxylic acids is 1. The Morgan fingerprint density at radius 2 is 2.21 bits per heavy atom. The van der Waals surface area contributed by atoms with E-state index in [2.05, 4.69) is 13.0 Å². The van der Waals surface area contributed by atoms with E-state index in [0.717, 1.165) is 41.8 Å². The molecule has 4 heteroatoms. The lowest BCUT2D eigenvalue weighted by atomic mass is 10.0. The van der Waals surface area contributed by atoms with Crippen LogP contribution in [0.25, 0.3) is 0 Å². The zero-order valence-corrected chi connectivity index (χ0v) is 11.8. The van der Waals surface area contributed by atoms with Gasteiger partial charge >= 0.3 is 5.97 Å². The van der Waals surface area contributed by atoms with E-state index in [4.69, 9.17) is 4.74 Å². The molecule has 0 radical (unpaired) electrons. The van der Waals surface area contributed by atoms with Gasteiger partial charge in [0.2, 0.25) is 0 Å². The second kappa shape index (κ2) is 5.61. The zero-order chi connectivity index (χ0) is 14.0. The fraction of sp³-hybridized carbons (Fsp3) is 0.533. The normalized spacial score (nSPS) is 19.6. The van der Waals surface area contributed by atoms with E-state index in [0.29, 0.717) is 6.54 Å². The Hall–Kier alpha value is -1.55. The lowest BCUT2D eigenvalue weighted by molar-refractivity contribution is -0.142. The molecule has 4 nitrogen and oxygen atoms in total. The molecule has 1 aliphatic rings. The molecule has 1 saturated heterocycles. The Morgan fingerprint density at radius 1 is 1.47 bits per heavy atom. The molecule has 1 aliphatic heterocycles. The summed E-state index contributed by atoms with van der Waals surface area (Å²) in [5, 5.41) is 9.23. The van der Waals surface area contributed by atoms with E-state index in [-0.39, 0.29) is 6.04 Å². The SMILES string of the molecule is COc1cc(C)cc(C)c1CN1CCCC1C(=O)O. The number of aryl methyl sites for hydroxylation is 2. The van der Waals surface area contributed by atoms with Gasteiger partial charge in [0.1, 0.15) is 11.8 Å². The summed E-state index contributed by atoms with van der Waals surface area (Å²) in [7, 11) is 1.66. The largest absolute Gasteiger partial charge is 0.496 e. The standard InChI is InChI=1S/C15H21NO3/c1-10-7-11(2)12(14(8-10)19-3)9-16-6-4-5-13(16)15(17)18/h7-8,13H,4-6,9H2,1-3H3,(H,17,18). The topological polar surface area (TPSA) is 49.8 Å². The second-order valence-corrected chi connectivity index (χ2v) is 5.23. The Kier molecular flexibility index (Phi) is 4.10. The first-order valence-electron chi connectivity index (χ1n) is 6.64. The predicted molar refractivity (Wildman–Crippen MR) is 73.5 cm³/mol. The first-order valence-corrected chi connectivity index (χ1v) is 6.64. The van der Waals surface area contributed by atoms with Crippen LogP contribution >= 0.6 is 0 Å². The summed E-state index contributed by atoms with van der Waals surface area (Å²) in [6.45, 7) is 5.57. The summed E-state index contributed by atoms with van der Waals surface area (Å²) >= 11 is 0. The van der Waals surface area contributed by atoms with Crippen molar-refractivity contribution in [3.63, 3.8) is 0 Å². The van der Waals surface area contributed by atoms with Crippen LogP contribution < -0.4 is 4.74 Å². The fourth-order valence-corrected chi connectivity index (χ4v) is 2.84. The molecule has 104 valence electrons. The maximum Gasteiger partial charge on any atom is 0.320 e. The van der Waals surface area contributed by atoms with Crippen LogP contribution in [-0.2, 0) is 11.3 Å². The molecule has 0 amide bonds. The lowest BCUT2D eigenvalue weighted by Crippen LogP contribution is -2.35. The van der Waals surface area contributed by atoms with Crippen LogP contribution in [0.1, 0.15) is 29.5 Å². The number of hydrogen-bond donors (Lipinski definition) is 1. The number of benzene rings is 1. The van der Waals surface area contributed by atoms with Crippen molar-refractivity contribution in [3.8, 4) is 5.75 Å². The highest BCUT2D eigenvalue weighted by Gasteiger charge is 2.31. The molecule has 0 aliphatic carbocycles. The summed E-state index contributed by atoms with van der Waals surface area (Å²) in [5.74, 6) is 0.134. The van der Waals surface area contributed by atoms with Crippen LogP contribution in [0, 0.1) is 13.8 Å². The number of rotatable bonds is 4. The molecule has 1 atom stereocenters. The first-order chi connectivity index (χ1) is 9.02. The molecule has 1 aromatic carbocycles. The third-order valence-electron chi connectivity index (χ3n) is 3.81. The maximum atomic E-state index is 11.2. The molecule has 19 heavy (non-hydrogen) atoms. The number of hydrogen-bond acceptors (Lipinski definition) is 3. The Bertz CT molecular complexity index is 485. The van der Waals surface area contributed by atoms with Crippen molar-refractivity contribution in [2.75, 3.05) is 13.7 Å². The number of aliphatic carboxylic acids is 1. The third kappa shape index (κ3) is 2.89. The predicted octanol–water partition coefficient (Wildman–Crippen LogP) is 2.36. The van der Waals surface area contributed by atoms with Crippen molar-refractivity contribution >= 4 is 5.97 Å². The van der Waals surface area contributed by atoms with Crippen LogP contribution in [-0.4, -0.2) is 35.7 Å². The average Bonchev–Trinajstić information content (AvgIpc) is 2.80. The van der Waals surface area contributed by atoms with Crippen LogP contribution in [0.3, 0.4) is 0 Å². The van der Waals surface area contributed by atoms with Crippen molar-refractivity contribution in [2.45, 2.75) is 39.3 Å². The monoisotopic (exact) mass is 263 g/mol. The highest BCUT2D eigenvalue weighted by atomic mass is 16.5. The molecular weight excluding hydrogens is 242 g/mol. The molecule has 1 N–H and O–H groups in total. The second-order valence-electron chi connectivity index (χ2n) is 5.23. The highest BCUT2D eigenvalue weighted by molar-refractivity contribution is 5.73. The van der Waals surface area contributed by atoms with Gasteiger partial charge in [-0.15, -0.1) is 0 Å². The van der Waals surface area contributed by atoms with Gasteiger partial charge in [-0.3, -0.25) is 9.69 Å². The van der Waals surface area contributed by atoms with Gasteiger partial charge < -0.3 is 9.84 Å². The van der Waals surface area contributed by atoms with Gasteiger partial charge in [-0.05, 0) is 50.4 Å². The molecule has 0 spiro atoms. The summed E-state index contributed by atoms with van der Waals surface area (Å²) < 4.78 is 5.44. The Balaban J connectivity index is 2.25. The van der Waals surface area contributed by atoms with Crippen molar-refractivity contribution in [3.05, 3.63) is 28.8 Å². The highest BCUT2D eigenvalue weighted by Crippen LogP contribution is 2.28. The minimum atomic E-state index is -0.721. The average molecular weight is 263 g/mol. The van der Waals surface area contributed by atoms with Gasteiger partial charge in [-0.25, -0.2) is 0 Å². The van der Waals surface area contributed by atoms with Gasteiger partial charge in [0.15, 0.2) is 0 Å². The van der Waals surface area contributed by atoms with Crippen LogP contribution in [0.15, 0.2) is 12.1 Å². The van der Waals surface area contributed by atoms with Crippen molar-refractivity contribution in [2.24, 2.45) is 0 Å². The molecule has 1 fully saturated rings. The smallest absolute Gasteiger partial charge is 0.320 e. The summed E-state index contributed by atoms with van der Waals surface area (Å²) in [6.07, 6.45) is 1.69. The van der Waals surface area contributed by atoms with Gasteiger partial charge in [-0.1, -0.05) is 6.07 Å². The van der Waals surface area contributed by atoms with Crippen LogP contribution in [0.4, 0.5) is 0 Å². The summed E-state index contributed by atoms with van der Waals surface area (Å²) in [6, 6.07) is 3.77. The molecule has 0 saturated carbocycles. The third-order valence-corrected chi connectivity index (χ3v) is 3.81. The number of nitrogens with zero attached hydrogens (tertiary/aromatic N) is 1. The van der Waals surface area contributed by atoms with E-state index in [1.54, 1.807) is 7.11 Å². The van der Waals surface area contributed by atoms with Gasteiger partial charge in [-0.2, -0.15) is 0 Å². The molecule has 0 aromatic heterocycles. The van der Waals surface area contributed by atoms with E-state index < -0.39 is 5.97 Å². The quantitative estimate of drug-likeness (QED) is 0.906. The number of carboxylic acid groups (broad SMARTS) is 1. The van der Waals surface area contributed by atoms with Gasteiger partial charge in [0.05, 0.1) is 7.11 Å². The number of carbonyl (C=O) groups is 1. The van der Waals surface area contributed by atoms with Crippen LogP contribution in [0.5, 0.6) is 5.75 Å².